The smallest absolute Gasteiger partial charge is 0.358 e. The van der Waals surface area contributed by atoms with Crippen molar-refractivity contribution in [1.82, 2.24) is 10.4 Å². The number of rotatable bonds is 13. The number of carbonyl (C=O) groups is 4. The van der Waals surface area contributed by atoms with E-state index in [0.717, 1.165) is 0 Å². The van der Waals surface area contributed by atoms with Crippen LogP contribution in [-0.2, 0) is 38.2 Å². The first-order chi connectivity index (χ1) is 11.1. The third-order valence-corrected chi connectivity index (χ3v) is 2.64. The summed E-state index contributed by atoms with van der Waals surface area (Å²) in [5.74, 6) is -1.88. The maximum atomic E-state index is 11.4. The Morgan fingerprint density at radius 1 is 1.00 bits per heavy atom. The molecular weight excluding hydrogens is 312 g/mol. The van der Waals surface area contributed by atoms with Crippen molar-refractivity contribution in [2.45, 2.75) is 12.8 Å². The second-order valence-electron chi connectivity index (χ2n) is 4.39. The number of nitrogens with zero attached hydrogens (tertiary/aromatic N) is 1. The minimum Gasteiger partial charge on any atom is -0.377 e. The highest BCUT2D eigenvalue weighted by molar-refractivity contribution is 6.01. The molecule has 0 bridgehead atoms. The van der Waals surface area contributed by atoms with Gasteiger partial charge in [0.25, 0.3) is 11.8 Å². The number of hydroxylamine groups is 2. The molecule has 0 radical (unpaired) electrons. The zero-order chi connectivity index (χ0) is 16.9. The minimum absolute atomic E-state index is 0.0497. The molecule has 0 unspecified atom stereocenters. The van der Waals surface area contributed by atoms with Crippen molar-refractivity contribution < 1.29 is 38.2 Å². The summed E-state index contributed by atoms with van der Waals surface area (Å²) < 4.78 is 15.3. The Labute approximate surface area is 132 Å². The molecule has 0 saturated carbocycles. The van der Waals surface area contributed by atoms with Crippen LogP contribution in [0.15, 0.2) is 0 Å². The highest BCUT2D eigenvalue weighted by Crippen LogP contribution is 2.11. The van der Waals surface area contributed by atoms with Gasteiger partial charge >= 0.3 is 5.97 Å². The molecule has 1 fully saturated rings. The standard InChI is InChI=1S/C13H20N2O8/c16-10-14-3-4-20-5-6-21-7-8-22-9-13(19)23-15-11(17)1-2-12(15)18/h10H,1-9H2,(H,14,16). The van der Waals surface area contributed by atoms with Crippen molar-refractivity contribution in [1.29, 1.82) is 0 Å². The lowest BCUT2D eigenvalue weighted by molar-refractivity contribution is -0.200. The number of amides is 3. The van der Waals surface area contributed by atoms with Gasteiger partial charge in [0.05, 0.1) is 33.0 Å². The molecule has 130 valence electrons. The fourth-order valence-corrected chi connectivity index (χ4v) is 1.57. The molecule has 1 rings (SSSR count). The van der Waals surface area contributed by atoms with Crippen molar-refractivity contribution in [3.8, 4) is 0 Å². The Kier molecular flexibility index (Phi) is 9.52. The van der Waals surface area contributed by atoms with Gasteiger partial charge in [-0.3, -0.25) is 14.4 Å². The van der Waals surface area contributed by atoms with Gasteiger partial charge in [0.15, 0.2) is 0 Å². The van der Waals surface area contributed by atoms with Crippen molar-refractivity contribution in [2.24, 2.45) is 0 Å². The lowest BCUT2D eigenvalue weighted by Crippen LogP contribution is -2.33. The number of hydrogen-bond acceptors (Lipinski definition) is 8. The number of nitrogens with one attached hydrogen (secondary N) is 1. The van der Waals surface area contributed by atoms with Crippen LogP contribution >= 0.6 is 0 Å². The summed E-state index contributed by atoms with van der Waals surface area (Å²) in [6.45, 7) is 1.60. The molecule has 0 aliphatic carbocycles. The zero-order valence-corrected chi connectivity index (χ0v) is 12.7. The van der Waals surface area contributed by atoms with Crippen LogP contribution in [-0.4, -0.2) is 75.4 Å². The summed E-state index contributed by atoms with van der Waals surface area (Å²) >= 11 is 0. The molecule has 1 aliphatic rings. The van der Waals surface area contributed by atoms with E-state index in [1.165, 1.54) is 0 Å². The Bertz CT molecular complexity index is 399. The quantitative estimate of drug-likeness (QED) is 0.243. The van der Waals surface area contributed by atoms with Crippen LogP contribution in [0.1, 0.15) is 12.8 Å². The lowest BCUT2D eigenvalue weighted by Gasteiger charge is -2.12. The largest absolute Gasteiger partial charge is 0.377 e. The predicted molar refractivity (Wildman–Crippen MR) is 73.7 cm³/mol. The average Bonchev–Trinajstić information content (AvgIpc) is 2.84. The van der Waals surface area contributed by atoms with Gasteiger partial charge in [-0.1, -0.05) is 0 Å². The summed E-state index contributed by atoms with van der Waals surface area (Å²) in [5, 5.41) is 2.92. The Morgan fingerprint density at radius 2 is 1.57 bits per heavy atom. The van der Waals surface area contributed by atoms with Gasteiger partial charge in [-0.2, -0.15) is 0 Å². The molecule has 1 heterocycles. The molecular formula is C13H20N2O8. The number of hydrogen-bond donors (Lipinski definition) is 1. The van der Waals surface area contributed by atoms with Gasteiger partial charge < -0.3 is 24.4 Å². The molecule has 0 aromatic carbocycles. The predicted octanol–water partition coefficient (Wildman–Crippen LogP) is -1.61. The molecule has 23 heavy (non-hydrogen) atoms. The maximum absolute atomic E-state index is 11.4. The molecule has 0 atom stereocenters. The van der Waals surface area contributed by atoms with Crippen LogP contribution < -0.4 is 5.32 Å². The van der Waals surface area contributed by atoms with Crippen LogP contribution in [0.4, 0.5) is 0 Å². The van der Waals surface area contributed by atoms with Crippen molar-refractivity contribution in [2.75, 3.05) is 46.2 Å². The summed E-state index contributed by atoms with van der Waals surface area (Å²) in [7, 11) is 0. The van der Waals surface area contributed by atoms with Gasteiger partial charge in [0.1, 0.15) is 6.61 Å². The van der Waals surface area contributed by atoms with E-state index >= 15 is 0 Å². The molecule has 0 aromatic rings. The van der Waals surface area contributed by atoms with Gasteiger partial charge in [-0.25, -0.2) is 4.79 Å². The summed E-state index contributed by atoms with van der Waals surface area (Å²) in [4.78, 5) is 48.3. The van der Waals surface area contributed by atoms with E-state index in [9.17, 15) is 19.2 Å². The molecule has 1 saturated heterocycles. The summed E-state index contributed by atoms with van der Waals surface area (Å²) in [6, 6.07) is 0. The second-order valence-corrected chi connectivity index (χ2v) is 4.39. The van der Waals surface area contributed by atoms with Crippen molar-refractivity contribution >= 4 is 24.2 Å². The van der Waals surface area contributed by atoms with Gasteiger partial charge in [-0.05, 0) is 0 Å². The summed E-state index contributed by atoms with van der Waals surface area (Å²) in [6.07, 6.45) is 0.694. The topological polar surface area (TPSA) is 120 Å². The fraction of sp³-hybridized carbons (Fsp3) is 0.692. The molecule has 0 spiro atoms. The monoisotopic (exact) mass is 332 g/mol. The highest BCUT2D eigenvalue weighted by Gasteiger charge is 2.32. The molecule has 0 aromatic heterocycles. The molecule has 3 amide bonds. The van der Waals surface area contributed by atoms with Crippen LogP contribution in [0.5, 0.6) is 0 Å². The number of ether oxygens (including phenoxy) is 3. The fourth-order valence-electron chi connectivity index (χ4n) is 1.57. The van der Waals surface area contributed by atoms with Crippen molar-refractivity contribution in [3.05, 3.63) is 0 Å². The minimum atomic E-state index is -0.820. The Balaban J connectivity index is 1.90. The molecule has 10 nitrogen and oxygen atoms in total. The van der Waals surface area contributed by atoms with E-state index in [1.807, 2.05) is 0 Å². The van der Waals surface area contributed by atoms with E-state index in [0.29, 0.717) is 37.8 Å². The van der Waals surface area contributed by atoms with Crippen molar-refractivity contribution in [3.63, 3.8) is 0 Å². The van der Waals surface area contributed by atoms with Crippen LogP contribution in [0, 0.1) is 0 Å². The second kappa shape index (κ2) is 11.5. The first-order valence-electron chi connectivity index (χ1n) is 7.12. The maximum Gasteiger partial charge on any atom is 0.358 e. The third-order valence-electron chi connectivity index (χ3n) is 2.64. The molecule has 10 heteroatoms. The molecule has 1 N–H and O–H groups in total. The Hall–Kier alpha value is -2.04. The molecule has 1 aliphatic heterocycles. The van der Waals surface area contributed by atoms with Crippen LogP contribution in [0.25, 0.3) is 0 Å². The van der Waals surface area contributed by atoms with Crippen LogP contribution in [0.2, 0.25) is 0 Å². The Morgan fingerprint density at radius 3 is 2.17 bits per heavy atom. The zero-order valence-electron chi connectivity index (χ0n) is 12.7. The first kappa shape index (κ1) is 19.0. The van der Waals surface area contributed by atoms with E-state index in [1.54, 1.807) is 0 Å². The van der Waals surface area contributed by atoms with E-state index in [4.69, 9.17) is 14.2 Å². The van der Waals surface area contributed by atoms with Gasteiger partial charge in [0, 0.05) is 19.4 Å². The average molecular weight is 332 g/mol. The van der Waals surface area contributed by atoms with Gasteiger partial charge in [-0.15, -0.1) is 5.06 Å². The SMILES string of the molecule is O=CNCCOCCOCCOCC(=O)ON1C(=O)CCC1=O. The first-order valence-corrected chi connectivity index (χ1v) is 7.12. The lowest BCUT2D eigenvalue weighted by atomic mass is 10.4. The highest BCUT2D eigenvalue weighted by atomic mass is 16.7. The van der Waals surface area contributed by atoms with Gasteiger partial charge in [0.2, 0.25) is 6.41 Å². The van der Waals surface area contributed by atoms with Crippen LogP contribution in [0.3, 0.4) is 0 Å². The number of imide groups is 1. The third kappa shape index (κ3) is 8.24. The summed E-state index contributed by atoms with van der Waals surface area (Å²) in [5.41, 5.74) is 0. The number of carbonyl (C=O) groups excluding carboxylic acids is 4. The normalized spacial score (nSPS) is 14.2. The van der Waals surface area contributed by atoms with E-state index in [2.05, 4.69) is 10.2 Å². The van der Waals surface area contributed by atoms with E-state index in [-0.39, 0.29) is 32.7 Å². The van der Waals surface area contributed by atoms with E-state index < -0.39 is 17.8 Å².